The lowest BCUT2D eigenvalue weighted by molar-refractivity contribution is -0.124. The van der Waals surface area contributed by atoms with E-state index in [0.717, 1.165) is 6.07 Å². The third-order valence-corrected chi connectivity index (χ3v) is 2.23. The van der Waals surface area contributed by atoms with E-state index in [0.29, 0.717) is 0 Å². The molecule has 0 bridgehead atoms. The van der Waals surface area contributed by atoms with Crippen molar-refractivity contribution in [3.63, 3.8) is 0 Å². The molecule has 2 amide bonds. The second kappa shape index (κ2) is 5.57. The van der Waals surface area contributed by atoms with Crippen molar-refractivity contribution in [1.29, 1.82) is 0 Å². The molecule has 0 atom stereocenters. The smallest absolute Gasteiger partial charge is 0.278 e. The molecule has 0 aromatic heterocycles. The van der Waals surface area contributed by atoms with Crippen LogP contribution in [0.15, 0.2) is 22.7 Å². The molecular formula is C9H8BrFN2O3. The minimum absolute atomic E-state index is 0.202. The molecule has 0 aliphatic rings. The van der Waals surface area contributed by atoms with Crippen LogP contribution in [0.3, 0.4) is 0 Å². The number of hydroxylamine groups is 1. The third-order valence-electron chi connectivity index (χ3n) is 1.57. The Morgan fingerprint density at radius 2 is 2.19 bits per heavy atom. The molecule has 86 valence electrons. The van der Waals surface area contributed by atoms with Crippen molar-refractivity contribution >= 4 is 27.7 Å². The predicted molar refractivity (Wildman–Crippen MR) is 56.7 cm³/mol. The Bertz CT molecular complexity index is 405. The van der Waals surface area contributed by atoms with Gasteiger partial charge in [0.25, 0.3) is 5.91 Å². The molecule has 3 N–H and O–H groups in total. The molecular weight excluding hydrogens is 283 g/mol. The van der Waals surface area contributed by atoms with E-state index in [1.165, 1.54) is 12.1 Å². The summed E-state index contributed by atoms with van der Waals surface area (Å²) in [7, 11) is 0. The minimum atomic E-state index is -0.800. The van der Waals surface area contributed by atoms with Crippen molar-refractivity contribution in [3.05, 3.63) is 34.1 Å². The standard InChI is InChI=1S/C9H8BrFN2O3/c10-5-2-1-3-6(11)8(5)9(15)13-16-4-7(12)14/h1-3H,4H2,(H2,12,14)(H,13,15). The first kappa shape index (κ1) is 12.6. The maximum atomic E-state index is 13.2. The van der Waals surface area contributed by atoms with Crippen molar-refractivity contribution in [1.82, 2.24) is 5.48 Å². The van der Waals surface area contributed by atoms with E-state index in [1.54, 1.807) is 0 Å². The topological polar surface area (TPSA) is 81.4 Å². The van der Waals surface area contributed by atoms with Gasteiger partial charge in [0.2, 0.25) is 5.91 Å². The molecule has 0 saturated carbocycles. The maximum Gasteiger partial charge on any atom is 0.278 e. The summed E-state index contributed by atoms with van der Waals surface area (Å²) >= 11 is 3.02. The Morgan fingerprint density at radius 1 is 1.50 bits per heavy atom. The van der Waals surface area contributed by atoms with Gasteiger partial charge in [0, 0.05) is 4.47 Å². The number of primary amides is 1. The van der Waals surface area contributed by atoms with Crippen LogP contribution in [0.5, 0.6) is 0 Å². The van der Waals surface area contributed by atoms with Crippen LogP contribution in [0.1, 0.15) is 10.4 Å². The van der Waals surface area contributed by atoms with Crippen molar-refractivity contribution in [2.45, 2.75) is 0 Å². The lowest BCUT2D eigenvalue weighted by atomic mass is 10.2. The molecule has 0 fully saturated rings. The zero-order valence-electron chi connectivity index (χ0n) is 8.00. The third kappa shape index (κ3) is 3.28. The van der Waals surface area contributed by atoms with E-state index < -0.39 is 24.2 Å². The molecule has 5 nitrogen and oxygen atoms in total. The lowest BCUT2D eigenvalue weighted by Crippen LogP contribution is -2.30. The van der Waals surface area contributed by atoms with Gasteiger partial charge < -0.3 is 5.73 Å². The number of nitrogens with one attached hydrogen (secondary N) is 1. The number of carbonyl (C=O) groups is 2. The molecule has 0 unspecified atom stereocenters. The molecule has 0 spiro atoms. The fourth-order valence-electron chi connectivity index (χ4n) is 0.939. The van der Waals surface area contributed by atoms with Crippen molar-refractivity contribution < 1.29 is 18.8 Å². The van der Waals surface area contributed by atoms with Crippen LogP contribution >= 0.6 is 15.9 Å². The summed E-state index contributed by atoms with van der Waals surface area (Å²) < 4.78 is 13.5. The van der Waals surface area contributed by atoms with Gasteiger partial charge >= 0.3 is 0 Å². The van der Waals surface area contributed by atoms with Crippen LogP contribution in [-0.2, 0) is 9.63 Å². The van der Waals surface area contributed by atoms with Crippen LogP contribution < -0.4 is 11.2 Å². The van der Waals surface area contributed by atoms with Crippen molar-refractivity contribution in [2.24, 2.45) is 5.73 Å². The van der Waals surface area contributed by atoms with E-state index in [9.17, 15) is 14.0 Å². The summed E-state index contributed by atoms with van der Waals surface area (Å²) in [5.41, 5.74) is 6.48. The van der Waals surface area contributed by atoms with E-state index in [4.69, 9.17) is 5.73 Å². The predicted octanol–water partition coefficient (Wildman–Crippen LogP) is 0.735. The SMILES string of the molecule is NC(=O)CONC(=O)c1c(F)cccc1Br. The Kier molecular flexibility index (Phi) is 4.39. The number of amides is 2. The molecule has 7 heteroatoms. The van der Waals surface area contributed by atoms with Gasteiger partial charge in [-0.1, -0.05) is 6.07 Å². The summed E-state index contributed by atoms with van der Waals surface area (Å²) in [4.78, 5) is 26.2. The Hall–Kier alpha value is -1.47. The van der Waals surface area contributed by atoms with Crippen molar-refractivity contribution in [2.75, 3.05) is 6.61 Å². The first-order valence-electron chi connectivity index (χ1n) is 4.17. The summed E-state index contributed by atoms with van der Waals surface area (Å²) in [6.07, 6.45) is 0. The number of rotatable bonds is 4. The zero-order valence-corrected chi connectivity index (χ0v) is 9.58. The summed E-state index contributed by atoms with van der Waals surface area (Å²) in [6, 6.07) is 4.08. The summed E-state index contributed by atoms with van der Waals surface area (Å²) in [6.45, 7) is -0.474. The number of hydrogen-bond donors (Lipinski definition) is 2. The molecule has 0 heterocycles. The van der Waals surface area contributed by atoms with Gasteiger partial charge in [0.1, 0.15) is 5.82 Å². The van der Waals surface area contributed by atoms with E-state index >= 15 is 0 Å². The Balaban J connectivity index is 2.70. The Labute approximate surface area is 98.8 Å². The van der Waals surface area contributed by atoms with Gasteiger partial charge in [-0.05, 0) is 28.1 Å². The van der Waals surface area contributed by atoms with Gasteiger partial charge in [0.05, 0.1) is 5.56 Å². The van der Waals surface area contributed by atoms with Gasteiger partial charge in [-0.3, -0.25) is 14.4 Å². The highest BCUT2D eigenvalue weighted by molar-refractivity contribution is 9.10. The second-order valence-electron chi connectivity index (χ2n) is 2.78. The van der Waals surface area contributed by atoms with Crippen LogP contribution in [0.4, 0.5) is 4.39 Å². The van der Waals surface area contributed by atoms with Gasteiger partial charge in [-0.2, -0.15) is 0 Å². The average Bonchev–Trinajstić information content (AvgIpc) is 2.16. The highest BCUT2D eigenvalue weighted by Crippen LogP contribution is 2.19. The normalized spacial score (nSPS) is 9.88. The molecule has 0 aliphatic carbocycles. The quantitative estimate of drug-likeness (QED) is 0.803. The number of hydrogen-bond acceptors (Lipinski definition) is 3. The molecule has 0 saturated heterocycles. The van der Waals surface area contributed by atoms with Gasteiger partial charge in [-0.15, -0.1) is 0 Å². The van der Waals surface area contributed by atoms with Crippen LogP contribution in [0.25, 0.3) is 0 Å². The summed E-state index contributed by atoms with van der Waals surface area (Å²) in [5, 5.41) is 0. The van der Waals surface area contributed by atoms with Crippen LogP contribution in [-0.4, -0.2) is 18.4 Å². The highest BCUT2D eigenvalue weighted by Gasteiger charge is 2.15. The van der Waals surface area contributed by atoms with Gasteiger partial charge in [-0.25, -0.2) is 9.87 Å². The average molecular weight is 291 g/mol. The number of halogens is 2. The Morgan fingerprint density at radius 3 is 2.75 bits per heavy atom. The molecule has 1 aromatic carbocycles. The molecule has 16 heavy (non-hydrogen) atoms. The molecule has 0 radical (unpaired) electrons. The lowest BCUT2D eigenvalue weighted by Gasteiger charge is -2.06. The fourth-order valence-corrected chi connectivity index (χ4v) is 1.46. The van der Waals surface area contributed by atoms with E-state index in [2.05, 4.69) is 20.8 Å². The molecule has 1 rings (SSSR count). The monoisotopic (exact) mass is 290 g/mol. The molecule has 1 aromatic rings. The van der Waals surface area contributed by atoms with Gasteiger partial charge in [0.15, 0.2) is 6.61 Å². The fraction of sp³-hybridized carbons (Fsp3) is 0.111. The van der Waals surface area contributed by atoms with Crippen molar-refractivity contribution in [3.8, 4) is 0 Å². The first-order chi connectivity index (χ1) is 7.52. The number of nitrogens with two attached hydrogens (primary N) is 1. The van der Waals surface area contributed by atoms with Crippen LogP contribution in [0, 0.1) is 5.82 Å². The maximum absolute atomic E-state index is 13.2. The van der Waals surface area contributed by atoms with E-state index in [-0.39, 0.29) is 10.0 Å². The first-order valence-corrected chi connectivity index (χ1v) is 4.96. The van der Waals surface area contributed by atoms with E-state index in [1.807, 2.05) is 5.48 Å². The highest BCUT2D eigenvalue weighted by atomic mass is 79.9. The summed E-state index contributed by atoms with van der Waals surface area (Å²) in [5.74, 6) is -2.24. The molecule has 0 aliphatic heterocycles. The second-order valence-corrected chi connectivity index (χ2v) is 3.64. The largest absolute Gasteiger partial charge is 0.368 e. The minimum Gasteiger partial charge on any atom is -0.368 e. The number of benzene rings is 1. The number of carbonyl (C=O) groups excluding carboxylic acids is 2. The van der Waals surface area contributed by atoms with Crippen LogP contribution in [0.2, 0.25) is 0 Å². The zero-order chi connectivity index (χ0) is 12.1.